The molecule has 0 amide bonds. The lowest BCUT2D eigenvalue weighted by Crippen LogP contribution is -2.37. The van der Waals surface area contributed by atoms with Crippen LogP contribution in [0.3, 0.4) is 0 Å². The lowest BCUT2D eigenvalue weighted by Gasteiger charge is -2.32. The van der Waals surface area contributed by atoms with Gasteiger partial charge in [0.25, 0.3) is 0 Å². The second-order valence-electron chi connectivity index (χ2n) is 10.1. The molecule has 0 radical (unpaired) electrons. The van der Waals surface area contributed by atoms with Gasteiger partial charge in [0.05, 0.1) is 53.4 Å². The van der Waals surface area contributed by atoms with Crippen molar-refractivity contribution in [2.45, 2.75) is 31.8 Å². The molecule has 2 fully saturated rings. The van der Waals surface area contributed by atoms with Crippen LogP contribution in [0.5, 0.6) is 0 Å². The average Bonchev–Trinajstić information content (AvgIpc) is 3.53. The van der Waals surface area contributed by atoms with E-state index in [-0.39, 0.29) is 12.1 Å². The van der Waals surface area contributed by atoms with Crippen LogP contribution in [0.4, 0.5) is 5.13 Å². The Morgan fingerprint density at radius 1 is 1.05 bits per heavy atom. The van der Waals surface area contributed by atoms with E-state index in [1.807, 2.05) is 30.3 Å². The van der Waals surface area contributed by atoms with Crippen molar-refractivity contribution in [1.29, 1.82) is 0 Å². The Hall–Kier alpha value is -2.71. The maximum atomic E-state index is 11.7. The molecule has 1 saturated carbocycles. The third kappa shape index (κ3) is 5.64. The number of halogens is 2. The van der Waals surface area contributed by atoms with E-state index in [1.54, 1.807) is 23.5 Å². The van der Waals surface area contributed by atoms with E-state index in [4.69, 9.17) is 42.7 Å². The van der Waals surface area contributed by atoms with Crippen molar-refractivity contribution < 1.29 is 14.3 Å². The number of methoxy groups -OCH3 is 1. The van der Waals surface area contributed by atoms with Crippen LogP contribution in [0, 0.1) is 5.92 Å². The first-order valence-corrected chi connectivity index (χ1v) is 14.9. The summed E-state index contributed by atoms with van der Waals surface area (Å²) in [5.41, 5.74) is 6.73. The summed E-state index contributed by atoms with van der Waals surface area (Å²) in [4.78, 5) is 23.8. The maximum Gasteiger partial charge on any atom is 0.337 e. The Morgan fingerprint density at radius 2 is 1.77 bits per heavy atom. The molecular weight excluding hydrogens is 553 g/mol. The number of anilines is 1. The summed E-state index contributed by atoms with van der Waals surface area (Å²) in [5.74, 6) is 0.276. The van der Waals surface area contributed by atoms with Gasteiger partial charge in [0.15, 0.2) is 5.13 Å². The largest absolute Gasteiger partial charge is 0.465 e. The third-order valence-electron chi connectivity index (χ3n) is 7.62. The quantitative estimate of drug-likeness (QED) is 0.265. The summed E-state index contributed by atoms with van der Waals surface area (Å²) in [6.07, 6.45) is 4.51. The van der Waals surface area contributed by atoms with Gasteiger partial charge in [-0.25, -0.2) is 9.78 Å². The number of esters is 1. The summed E-state index contributed by atoms with van der Waals surface area (Å²) in [5, 5.41) is 4.34. The number of rotatable bonds is 8. The van der Waals surface area contributed by atoms with E-state index in [1.165, 1.54) is 31.1 Å². The molecule has 1 aliphatic carbocycles. The van der Waals surface area contributed by atoms with Crippen molar-refractivity contribution in [1.82, 2.24) is 4.98 Å². The van der Waals surface area contributed by atoms with E-state index in [0.717, 1.165) is 60.1 Å². The fourth-order valence-electron chi connectivity index (χ4n) is 5.28. The molecule has 2 aliphatic heterocycles. The minimum atomic E-state index is -0.338. The van der Waals surface area contributed by atoms with Gasteiger partial charge in [0.2, 0.25) is 0 Å². The highest BCUT2D eigenvalue weighted by atomic mass is 35.5. The summed E-state index contributed by atoms with van der Waals surface area (Å²) < 4.78 is 11.3. The highest BCUT2D eigenvalue weighted by molar-refractivity contribution is 7.14. The lowest BCUT2D eigenvalue weighted by atomic mass is 9.98. The minimum absolute atomic E-state index is 0.183. The summed E-state index contributed by atoms with van der Waals surface area (Å²) >= 11 is 14.7. The predicted octanol–water partition coefficient (Wildman–Crippen LogP) is 7.10. The number of thiazole rings is 1. The number of aromatic nitrogens is 1. The molecule has 0 spiro atoms. The Morgan fingerprint density at radius 3 is 2.44 bits per heavy atom. The molecule has 202 valence electrons. The van der Waals surface area contributed by atoms with Crippen LogP contribution in [-0.2, 0) is 9.47 Å². The summed E-state index contributed by atoms with van der Waals surface area (Å²) in [7, 11) is 1.39. The second kappa shape index (κ2) is 11.4. The number of carbonyl (C=O) groups excluding carboxylic acids is 1. The highest BCUT2D eigenvalue weighted by Crippen LogP contribution is 2.42. The van der Waals surface area contributed by atoms with Gasteiger partial charge in [-0.15, -0.1) is 11.3 Å². The molecule has 2 aromatic carbocycles. The molecule has 0 atom stereocenters. The molecule has 1 aromatic heterocycles. The monoisotopic (exact) mass is 581 g/mol. The van der Waals surface area contributed by atoms with E-state index < -0.39 is 0 Å². The molecule has 0 unspecified atom stereocenters. The van der Waals surface area contributed by atoms with E-state index in [2.05, 4.69) is 10.3 Å². The molecule has 0 N–H and O–H groups in total. The maximum absolute atomic E-state index is 11.7. The number of benzene rings is 2. The van der Waals surface area contributed by atoms with Crippen LogP contribution in [0.1, 0.15) is 41.6 Å². The Bertz CT molecular complexity index is 1420. The smallest absolute Gasteiger partial charge is 0.337 e. The zero-order valence-corrected chi connectivity index (χ0v) is 24.0. The number of carbonyl (C=O) groups is 1. The van der Waals surface area contributed by atoms with E-state index >= 15 is 0 Å². The molecule has 9 heteroatoms. The normalized spacial score (nSPS) is 18.0. The van der Waals surface area contributed by atoms with Gasteiger partial charge in [-0.1, -0.05) is 41.4 Å². The number of nitrogens with zero attached hydrogens (tertiary/aromatic N) is 3. The molecule has 39 heavy (non-hydrogen) atoms. The van der Waals surface area contributed by atoms with Crippen molar-refractivity contribution in [3.05, 3.63) is 80.2 Å². The van der Waals surface area contributed by atoms with Crippen LogP contribution in [0.15, 0.2) is 64.0 Å². The molecule has 0 bridgehead atoms. The molecular formula is C30H29Cl2N3O3S. The standard InChI is InChI=1S/C30H29Cl2N3O3S/c1-37-29(36)20-9-7-19(8-10-20)26-17-39-30(34-26)35-13-11-21(12-14-35)38-16-23-22(18-5-6-18)15-33-28(23)27-24(31)3-2-4-25(27)32/h2-4,7-10,17-18,21H,5-6,11-16H2,1H3. The minimum Gasteiger partial charge on any atom is -0.465 e. The molecule has 3 aliphatic rings. The fraction of sp³-hybridized carbons (Fsp3) is 0.367. The van der Waals surface area contributed by atoms with Crippen LogP contribution in [0.25, 0.3) is 11.3 Å². The van der Waals surface area contributed by atoms with E-state index in [0.29, 0.717) is 28.1 Å². The molecule has 6 rings (SSSR count). The third-order valence-corrected chi connectivity index (χ3v) is 9.15. The number of ether oxygens (including phenoxy) is 2. The van der Waals surface area contributed by atoms with Crippen LogP contribution in [-0.4, -0.2) is 56.1 Å². The zero-order valence-electron chi connectivity index (χ0n) is 21.7. The number of aliphatic imine (C=N–C) groups is 1. The second-order valence-corrected chi connectivity index (χ2v) is 11.8. The molecule has 6 nitrogen and oxygen atoms in total. The summed E-state index contributed by atoms with van der Waals surface area (Å²) in [6.45, 7) is 3.05. The predicted molar refractivity (Wildman–Crippen MR) is 158 cm³/mol. The van der Waals surface area contributed by atoms with Gasteiger partial charge in [-0.05, 0) is 61.4 Å². The molecule has 3 heterocycles. The Balaban J connectivity index is 1.08. The number of piperidine rings is 1. The SMILES string of the molecule is COC(=O)c1ccc(-c2csc(N3CCC(OCC4=C(C5CC5)CN=C4c4c(Cl)cccc4Cl)CC3)n2)cc1. The van der Waals surface area contributed by atoms with Gasteiger partial charge in [0, 0.05) is 35.2 Å². The van der Waals surface area contributed by atoms with E-state index in [9.17, 15) is 4.79 Å². The van der Waals surface area contributed by atoms with Gasteiger partial charge in [-0.3, -0.25) is 4.99 Å². The topological polar surface area (TPSA) is 64.0 Å². The Kier molecular flexibility index (Phi) is 7.76. The van der Waals surface area contributed by atoms with Gasteiger partial charge >= 0.3 is 5.97 Å². The van der Waals surface area contributed by atoms with Crippen molar-refractivity contribution in [3.63, 3.8) is 0 Å². The number of hydrogen-bond acceptors (Lipinski definition) is 7. The van der Waals surface area contributed by atoms with Crippen LogP contribution < -0.4 is 4.90 Å². The number of hydrogen-bond donors (Lipinski definition) is 0. The highest BCUT2D eigenvalue weighted by Gasteiger charge is 2.34. The first kappa shape index (κ1) is 26.5. The van der Waals surface area contributed by atoms with Gasteiger partial charge in [0.1, 0.15) is 0 Å². The molecule has 3 aromatic rings. The van der Waals surface area contributed by atoms with Crippen LogP contribution in [0.2, 0.25) is 10.0 Å². The van der Waals surface area contributed by atoms with Crippen LogP contribution >= 0.6 is 34.5 Å². The van der Waals surface area contributed by atoms with Crippen molar-refractivity contribution in [2.75, 3.05) is 38.3 Å². The van der Waals surface area contributed by atoms with Crippen molar-refractivity contribution in [2.24, 2.45) is 10.9 Å². The first-order chi connectivity index (χ1) is 19.0. The fourth-order valence-corrected chi connectivity index (χ4v) is 6.75. The first-order valence-electron chi connectivity index (χ1n) is 13.2. The van der Waals surface area contributed by atoms with Crippen molar-refractivity contribution in [3.8, 4) is 11.3 Å². The molecule has 1 saturated heterocycles. The van der Waals surface area contributed by atoms with Crippen molar-refractivity contribution >= 4 is 51.4 Å². The zero-order chi connectivity index (χ0) is 26.9. The van der Waals surface area contributed by atoms with Gasteiger partial charge in [-0.2, -0.15) is 0 Å². The van der Waals surface area contributed by atoms with Gasteiger partial charge < -0.3 is 14.4 Å². The summed E-state index contributed by atoms with van der Waals surface area (Å²) in [6, 6.07) is 13.0. The lowest BCUT2D eigenvalue weighted by molar-refractivity contribution is 0.0537. The Labute approximate surface area is 242 Å². The average molecular weight is 583 g/mol.